The minimum atomic E-state index is -0.391. The van der Waals surface area contributed by atoms with Crippen molar-refractivity contribution in [3.05, 3.63) is 0 Å². The van der Waals surface area contributed by atoms with Gasteiger partial charge in [0.1, 0.15) is 0 Å². The minimum absolute atomic E-state index is 0.361. The standard InChI is InChI=1S/C9H19NO2S/c1-9(2)11-6-8(7-12-9)10-4-5-13-3/h8,10H,4-7H2,1-3H3. The van der Waals surface area contributed by atoms with Crippen molar-refractivity contribution >= 4 is 11.8 Å². The molecule has 0 amide bonds. The Kier molecular flexibility index (Phi) is 4.52. The van der Waals surface area contributed by atoms with Crippen LogP contribution in [0.15, 0.2) is 0 Å². The number of nitrogens with one attached hydrogen (secondary N) is 1. The molecule has 1 saturated heterocycles. The molecule has 1 fully saturated rings. The van der Waals surface area contributed by atoms with Gasteiger partial charge in [0.15, 0.2) is 5.79 Å². The molecule has 1 aliphatic rings. The highest BCUT2D eigenvalue weighted by molar-refractivity contribution is 7.98. The molecule has 0 saturated carbocycles. The van der Waals surface area contributed by atoms with Crippen molar-refractivity contribution in [1.82, 2.24) is 5.32 Å². The van der Waals surface area contributed by atoms with Gasteiger partial charge in [-0.25, -0.2) is 0 Å². The van der Waals surface area contributed by atoms with E-state index in [0.717, 1.165) is 25.5 Å². The van der Waals surface area contributed by atoms with Gasteiger partial charge in [-0.15, -0.1) is 0 Å². The summed E-state index contributed by atoms with van der Waals surface area (Å²) in [5, 5.41) is 3.39. The largest absolute Gasteiger partial charge is 0.349 e. The molecule has 1 aliphatic heterocycles. The molecule has 0 unspecified atom stereocenters. The van der Waals surface area contributed by atoms with Crippen LogP contribution in [0, 0.1) is 0 Å². The summed E-state index contributed by atoms with van der Waals surface area (Å²) in [6, 6.07) is 0.361. The first-order chi connectivity index (χ1) is 6.14. The molecule has 3 nitrogen and oxygen atoms in total. The third-order valence-corrected chi connectivity index (χ3v) is 2.62. The van der Waals surface area contributed by atoms with Crippen LogP contribution >= 0.6 is 11.8 Å². The summed E-state index contributed by atoms with van der Waals surface area (Å²) in [4.78, 5) is 0. The fourth-order valence-corrected chi connectivity index (χ4v) is 1.50. The number of rotatable bonds is 4. The summed E-state index contributed by atoms with van der Waals surface area (Å²) in [5.74, 6) is 0.748. The average molecular weight is 205 g/mol. The summed E-state index contributed by atoms with van der Waals surface area (Å²) in [6.07, 6.45) is 2.11. The summed E-state index contributed by atoms with van der Waals surface area (Å²) < 4.78 is 11.0. The number of hydrogen-bond donors (Lipinski definition) is 1. The van der Waals surface area contributed by atoms with E-state index in [1.807, 2.05) is 25.6 Å². The highest BCUT2D eigenvalue weighted by Crippen LogP contribution is 2.16. The molecule has 0 atom stereocenters. The Labute approximate surface area is 84.6 Å². The smallest absolute Gasteiger partial charge is 0.162 e. The first kappa shape index (κ1) is 11.3. The van der Waals surface area contributed by atoms with Crippen molar-refractivity contribution in [2.75, 3.05) is 31.8 Å². The van der Waals surface area contributed by atoms with E-state index in [0.29, 0.717) is 6.04 Å². The molecule has 0 aliphatic carbocycles. The molecular formula is C9H19NO2S. The Hall–Kier alpha value is 0.230. The van der Waals surface area contributed by atoms with Crippen molar-refractivity contribution in [3.8, 4) is 0 Å². The van der Waals surface area contributed by atoms with Crippen molar-refractivity contribution in [2.45, 2.75) is 25.7 Å². The number of ether oxygens (including phenoxy) is 2. The van der Waals surface area contributed by atoms with Crippen LogP contribution in [0.1, 0.15) is 13.8 Å². The van der Waals surface area contributed by atoms with Gasteiger partial charge in [0.2, 0.25) is 0 Å². The second-order valence-corrected chi connectivity index (χ2v) is 4.65. The van der Waals surface area contributed by atoms with E-state index in [-0.39, 0.29) is 0 Å². The maximum Gasteiger partial charge on any atom is 0.162 e. The Morgan fingerprint density at radius 2 is 2.00 bits per heavy atom. The van der Waals surface area contributed by atoms with Crippen molar-refractivity contribution in [1.29, 1.82) is 0 Å². The molecule has 1 N–H and O–H groups in total. The van der Waals surface area contributed by atoms with Crippen LogP contribution in [0.3, 0.4) is 0 Å². The molecular weight excluding hydrogens is 186 g/mol. The molecule has 0 spiro atoms. The lowest BCUT2D eigenvalue weighted by molar-refractivity contribution is -0.252. The van der Waals surface area contributed by atoms with Crippen LogP contribution in [-0.2, 0) is 9.47 Å². The fourth-order valence-electron chi connectivity index (χ4n) is 1.18. The highest BCUT2D eigenvalue weighted by Gasteiger charge is 2.27. The lowest BCUT2D eigenvalue weighted by Crippen LogP contribution is -2.48. The fraction of sp³-hybridized carbons (Fsp3) is 1.00. The van der Waals surface area contributed by atoms with E-state index >= 15 is 0 Å². The van der Waals surface area contributed by atoms with Gasteiger partial charge in [0.25, 0.3) is 0 Å². The van der Waals surface area contributed by atoms with Gasteiger partial charge in [-0.2, -0.15) is 11.8 Å². The van der Waals surface area contributed by atoms with Gasteiger partial charge in [0.05, 0.1) is 19.3 Å². The van der Waals surface area contributed by atoms with Crippen LogP contribution in [0.4, 0.5) is 0 Å². The topological polar surface area (TPSA) is 30.5 Å². The van der Waals surface area contributed by atoms with E-state index < -0.39 is 5.79 Å². The van der Waals surface area contributed by atoms with Crippen molar-refractivity contribution in [3.63, 3.8) is 0 Å². The van der Waals surface area contributed by atoms with Gasteiger partial charge in [0, 0.05) is 12.3 Å². The van der Waals surface area contributed by atoms with E-state index in [1.165, 1.54) is 0 Å². The lowest BCUT2D eigenvalue weighted by atomic mass is 10.2. The van der Waals surface area contributed by atoms with Crippen LogP contribution in [-0.4, -0.2) is 43.6 Å². The maximum atomic E-state index is 5.52. The predicted molar refractivity (Wildman–Crippen MR) is 56.2 cm³/mol. The lowest BCUT2D eigenvalue weighted by Gasteiger charge is -2.35. The van der Waals surface area contributed by atoms with Gasteiger partial charge in [-0.3, -0.25) is 0 Å². The van der Waals surface area contributed by atoms with Gasteiger partial charge < -0.3 is 14.8 Å². The van der Waals surface area contributed by atoms with E-state index in [2.05, 4.69) is 11.6 Å². The Balaban J connectivity index is 2.11. The van der Waals surface area contributed by atoms with E-state index in [9.17, 15) is 0 Å². The second-order valence-electron chi connectivity index (χ2n) is 3.67. The van der Waals surface area contributed by atoms with Crippen molar-refractivity contribution < 1.29 is 9.47 Å². The van der Waals surface area contributed by atoms with E-state index in [1.54, 1.807) is 0 Å². The first-order valence-electron chi connectivity index (χ1n) is 4.64. The van der Waals surface area contributed by atoms with Crippen LogP contribution in [0.25, 0.3) is 0 Å². The first-order valence-corrected chi connectivity index (χ1v) is 6.04. The molecule has 0 aromatic heterocycles. The number of thioether (sulfide) groups is 1. The Morgan fingerprint density at radius 3 is 2.54 bits per heavy atom. The SMILES string of the molecule is CSCCNC1COC(C)(C)OC1. The second kappa shape index (κ2) is 5.20. The van der Waals surface area contributed by atoms with Crippen molar-refractivity contribution in [2.24, 2.45) is 0 Å². The van der Waals surface area contributed by atoms with Crippen LogP contribution in [0.2, 0.25) is 0 Å². The number of hydrogen-bond acceptors (Lipinski definition) is 4. The zero-order valence-corrected chi connectivity index (χ0v) is 9.45. The molecule has 0 radical (unpaired) electrons. The molecule has 4 heteroatoms. The van der Waals surface area contributed by atoms with Gasteiger partial charge >= 0.3 is 0 Å². The molecule has 13 heavy (non-hydrogen) atoms. The van der Waals surface area contributed by atoms with Gasteiger partial charge in [-0.05, 0) is 20.1 Å². The van der Waals surface area contributed by atoms with Crippen LogP contribution < -0.4 is 5.32 Å². The zero-order valence-electron chi connectivity index (χ0n) is 8.63. The van der Waals surface area contributed by atoms with Gasteiger partial charge in [-0.1, -0.05) is 0 Å². The summed E-state index contributed by atoms with van der Waals surface area (Å²) in [7, 11) is 0. The Morgan fingerprint density at radius 1 is 1.38 bits per heavy atom. The molecule has 1 rings (SSSR count). The normalized spacial score (nSPS) is 23.3. The molecule has 1 heterocycles. The maximum absolute atomic E-state index is 5.52. The molecule has 0 aromatic carbocycles. The summed E-state index contributed by atoms with van der Waals surface area (Å²) in [5.41, 5.74) is 0. The molecule has 0 aromatic rings. The predicted octanol–water partition coefficient (Wildman–Crippen LogP) is 1.09. The third-order valence-electron chi connectivity index (χ3n) is 2.00. The third kappa shape index (κ3) is 4.31. The highest BCUT2D eigenvalue weighted by atomic mass is 32.2. The monoisotopic (exact) mass is 205 g/mol. The van der Waals surface area contributed by atoms with Crippen LogP contribution in [0.5, 0.6) is 0 Å². The summed E-state index contributed by atoms with van der Waals surface area (Å²) >= 11 is 1.85. The quantitative estimate of drug-likeness (QED) is 0.696. The average Bonchev–Trinajstić information content (AvgIpc) is 2.08. The minimum Gasteiger partial charge on any atom is -0.349 e. The molecule has 0 bridgehead atoms. The zero-order chi connectivity index (χ0) is 9.73. The summed E-state index contributed by atoms with van der Waals surface area (Å²) in [6.45, 7) is 6.43. The van der Waals surface area contributed by atoms with E-state index in [4.69, 9.17) is 9.47 Å². The molecule has 78 valence electrons. The Bertz CT molecular complexity index is 143.